The van der Waals surface area contributed by atoms with Gasteiger partial charge in [-0.05, 0) is 42.3 Å². The van der Waals surface area contributed by atoms with Gasteiger partial charge < -0.3 is 14.8 Å². The average Bonchev–Trinajstić information content (AvgIpc) is 2.55. The fourth-order valence-electron chi connectivity index (χ4n) is 2.24. The highest BCUT2D eigenvalue weighted by molar-refractivity contribution is 5.94. The van der Waals surface area contributed by atoms with E-state index in [1.165, 1.54) is 12.1 Å². The van der Waals surface area contributed by atoms with Crippen LogP contribution >= 0.6 is 0 Å². The molecule has 0 spiro atoms. The van der Waals surface area contributed by atoms with Crippen molar-refractivity contribution in [2.24, 2.45) is 0 Å². The summed E-state index contributed by atoms with van der Waals surface area (Å²) in [7, 11) is 1.58. The summed E-state index contributed by atoms with van der Waals surface area (Å²) in [5, 5.41) is 2.83. The number of carbonyl (C=O) groups excluding carboxylic acids is 1. The first-order valence-electron chi connectivity index (χ1n) is 7.44. The summed E-state index contributed by atoms with van der Waals surface area (Å²) in [4.78, 5) is 12.1. The summed E-state index contributed by atoms with van der Waals surface area (Å²) in [5.74, 6) is -0.0661. The van der Waals surface area contributed by atoms with Crippen molar-refractivity contribution in [1.29, 1.82) is 0 Å². The summed E-state index contributed by atoms with van der Waals surface area (Å²) >= 11 is 0. The number of methoxy groups -OCH3 is 1. The van der Waals surface area contributed by atoms with E-state index in [1.54, 1.807) is 43.5 Å². The van der Waals surface area contributed by atoms with E-state index in [2.05, 4.69) is 10.1 Å². The molecule has 0 bridgehead atoms. The molecule has 0 aliphatic carbocycles. The van der Waals surface area contributed by atoms with Gasteiger partial charge in [-0.25, -0.2) is 0 Å². The van der Waals surface area contributed by atoms with E-state index in [-0.39, 0.29) is 17.7 Å². The van der Waals surface area contributed by atoms with Crippen LogP contribution in [-0.2, 0) is 4.74 Å². The quantitative estimate of drug-likeness (QED) is 0.839. The second kappa shape index (κ2) is 8.40. The Balaban J connectivity index is 2.04. The Labute approximate surface area is 139 Å². The molecular formula is C18H19F2NO3. The number of carbonyl (C=O) groups is 1. The molecule has 1 unspecified atom stereocenters. The van der Waals surface area contributed by atoms with E-state index in [9.17, 15) is 13.6 Å². The number of hydrogen-bond acceptors (Lipinski definition) is 3. The van der Waals surface area contributed by atoms with Crippen molar-refractivity contribution >= 4 is 5.91 Å². The van der Waals surface area contributed by atoms with Crippen LogP contribution in [0.15, 0.2) is 48.5 Å². The number of halogens is 2. The van der Waals surface area contributed by atoms with Crippen LogP contribution in [0.3, 0.4) is 0 Å². The molecule has 0 aliphatic rings. The van der Waals surface area contributed by atoms with E-state index >= 15 is 0 Å². The fraction of sp³-hybridized carbons (Fsp3) is 0.278. The third-order valence-corrected chi connectivity index (χ3v) is 3.35. The molecule has 4 nitrogen and oxygen atoms in total. The molecule has 1 amide bonds. The van der Waals surface area contributed by atoms with Gasteiger partial charge in [0, 0.05) is 18.7 Å². The lowest BCUT2D eigenvalue weighted by Gasteiger charge is -2.13. The first-order valence-corrected chi connectivity index (χ1v) is 7.44. The number of benzene rings is 2. The Morgan fingerprint density at radius 1 is 1.04 bits per heavy atom. The van der Waals surface area contributed by atoms with Gasteiger partial charge in [-0.3, -0.25) is 4.79 Å². The smallest absolute Gasteiger partial charge is 0.387 e. The highest BCUT2D eigenvalue weighted by Crippen LogP contribution is 2.23. The van der Waals surface area contributed by atoms with E-state index < -0.39 is 6.61 Å². The molecule has 0 aliphatic heterocycles. The third-order valence-electron chi connectivity index (χ3n) is 3.35. The lowest BCUT2D eigenvalue weighted by molar-refractivity contribution is -0.0498. The summed E-state index contributed by atoms with van der Waals surface area (Å²) < 4.78 is 33.6. The van der Waals surface area contributed by atoms with Gasteiger partial charge >= 0.3 is 6.61 Å². The Bertz CT molecular complexity index is 657. The maximum Gasteiger partial charge on any atom is 0.387 e. The number of ether oxygens (including phenoxy) is 2. The van der Waals surface area contributed by atoms with Crippen molar-refractivity contribution < 1.29 is 23.0 Å². The number of rotatable bonds is 7. The molecule has 128 valence electrons. The fourth-order valence-corrected chi connectivity index (χ4v) is 2.24. The molecule has 2 rings (SSSR count). The Hall–Kier alpha value is -2.47. The van der Waals surface area contributed by atoms with Gasteiger partial charge in [-0.1, -0.05) is 24.3 Å². The van der Waals surface area contributed by atoms with Crippen LogP contribution in [0.25, 0.3) is 11.1 Å². The molecule has 1 N–H and O–H groups in total. The Morgan fingerprint density at radius 3 is 2.08 bits per heavy atom. The zero-order valence-electron chi connectivity index (χ0n) is 13.5. The molecule has 24 heavy (non-hydrogen) atoms. The van der Waals surface area contributed by atoms with Gasteiger partial charge in [0.15, 0.2) is 0 Å². The second-order valence-electron chi connectivity index (χ2n) is 5.31. The van der Waals surface area contributed by atoms with Crippen molar-refractivity contribution in [2.45, 2.75) is 19.6 Å². The van der Waals surface area contributed by atoms with Crippen LogP contribution in [0.1, 0.15) is 17.3 Å². The number of amides is 1. The standard InChI is InChI=1S/C18H19F2NO3/c1-12(11-23-2)21-17(22)15-5-3-13(4-6-15)14-7-9-16(10-8-14)24-18(19)20/h3-10,12,18H,11H2,1-2H3,(H,21,22). The van der Waals surface area contributed by atoms with Crippen molar-refractivity contribution in [3.8, 4) is 16.9 Å². The summed E-state index contributed by atoms with van der Waals surface area (Å²) in [6, 6.07) is 13.3. The molecule has 2 aromatic carbocycles. The summed E-state index contributed by atoms with van der Waals surface area (Å²) in [6.07, 6.45) is 0. The van der Waals surface area contributed by atoms with Gasteiger partial charge in [0.2, 0.25) is 0 Å². The maximum atomic E-state index is 12.1. The van der Waals surface area contributed by atoms with Gasteiger partial charge in [0.1, 0.15) is 5.75 Å². The van der Waals surface area contributed by atoms with Gasteiger partial charge in [0.25, 0.3) is 5.91 Å². The maximum absolute atomic E-state index is 12.1. The van der Waals surface area contributed by atoms with Crippen LogP contribution in [0.5, 0.6) is 5.75 Å². The molecule has 0 saturated heterocycles. The highest BCUT2D eigenvalue weighted by atomic mass is 19.3. The van der Waals surface area contributed by atoms with Crippen LogP contribution in [0.2, 0.25) is 0 Å². The van der Waals surface area contributed by atoms with Crippen LogP contribution < -0.4 is 10.1 Å². The Kier molecular flexibility index (Phi) is 6.26. The molecule has 6 heteroatoms. The normalized spacial score (nSPS) is 12.0. The molecule has 0 saturated carbocycles. The lowest BCUT2D eigenvalue weighted by Crippen LogP contribution is -2.35. The SMILES string of the molecule is COCC(C)NC(=O)c1ccc(-c2ccc(OC(F)F)cc2)cc1. The molecule has 0 fully saturated rings. The first-order chi connectivity index (χ1) is 11.5. The number of hydrogen-bond donors (Lipinski definition) is 1. The van der Waals surface area contributed by atoms with Crippen molar-refractivity contribution in [3.05, 3.63) is 54.1 Å². The van der Waals surface area contributed by atoms with Gasteiger partial charge in [0.05, 0.1) is 6.61 Å². The molecule has 0 aromatic heterocycles. The number of nitrogens with one attached hydrogen (secondary N) is 1. The minimum Gasteiger partial charge on any atom is -0.435 e. The Morgan fingerprint density at radius 2 is 1.58 bits per heavy atom. The first kappa shape index (κ1) is 17.9. The summed E-state index contributed by atoms with van der Waals surface area (Å²) in [6.45, 7) is -0.538. The van der Waals surface area contributed by atoms with E-state index in [0.717, 1.165) is 11.1 Å². The zero-order chi connectivity index (χ0) is 17.5. The molecule has 0 heterocycles. The van der Waals surface area contributed by atoms with Crippen LogP contribution in [0, 0.1) is 0 Å². The largest absolute Gasteiger partial charge is 0.435 e. The number of alkyl halides is 2. The molecule has 2 aromatic rings. The van der Waals surface area contributed by atoms with Crippen molar-refractivity contribution in [1.82, 2.24) is 5.32 Å². The van der Waals surface area contributed by atoms with E-state index in [4.69, 9.17) is 4.74 Å². The molecule has 1 atom stereocenters. The zero-order valence-corrected chi connectivity index (χ0v) is 13.5. The third kappa shape index (κ3) is 5.03. The van der Waals surface area contributed by atoms with Crippen molar-refractivity contribution in [2.75, 3.05) is 13.7 Å². The second-order valence-corrected chi connectivity index (χ2v) is 5.31. The van der Waals surface area contributed by atoms with E-state index in [0.29, 0.717) is 12.2 Å². The van der Waals surface area contributed by atoms with Crippen LogP contribution in [0.4, 0.5) is 8.78 Å². The van der Waals surface area contributed by atoms with Gasteiger partial charge in [-0.2, -0.15) is 8.78 Å². The van der Waals surface area contributed by atoms with E-state index in [1.807, 2.05) is 6.92 Å². The van der Waals surface area contributed by atoms with Crippen LogP contribution in [-0.4, -0.2) is 32.3 Å². The van der Waals surface area contributed by atoms with Crippen molar-refractivity contribution in [3.63, 3.8) is 0 Å². The monoisotopic (exact) mass is 335 g/mol. The predicted molar refractivity (Wildman–Crippen MR) is 87.3 cm³/mol. The average molecular weight is 335 g/mol. The highest BCUT2D eigenvalue weighted by Gasteiger charge is 2.10. The molecular weight excluding hydrogens is 316 g/mol. The summed E-state index contributed by atoms with van der Waals surface area (Å²) in [5.41, 5.74) is 2.26. The molecule has 0 radical (unpaired) electrons. The topological polar surface area (TPSA) is 47.6 Å². The lowest BCUT2D eigenvalue weighted by atomic mass is 10.0. The minimum atomic E-state index is -2.84. The minimum absolute atomic E-state index is 0.0791. The van der Waals surface area contributed by atoms with Gasteiger partial charge in [-0.15, -0.1) is 0 Å². The predicted octanol–water partition coefficient (Wildman–Crippen LogP) is 3.72.